The van der Waals surface area contributed by atoms with E-state index in [0.29, 0.717) is 18.5 Å². The van der Waals surface area contributed by atoms with E-state index >= 15 is 0 Å². The molecule has 5 nitrogen and oxygen atoms in total. The van der Waals surface area contributed by atoms with E-state index in [-0.39, 0.29) is 6.03 Å². The number of piperidine rings is 3. The maximum absolute atomic E-state index is 12.4. The van der Waals surface area contributed by atoms with E-state index in [0.717, 1.165) is 36.1 Å². The molecule has 0 aliphatic carbocycles. The molecule has 3 aliphatic rings. The van der Waals surface area contributed by atoms with E-state index < -0.39 is 0 Å². The summed E-state index contributed by atoms with van der Waals surface area (Å²) in [5, 5.41) is 6.06. The quantitative estimate of drug-likeness (QED) is 0.648. The lowest BCUT2D eigenvalue weighted by Crippen LogP contribution is -2.58. The number of anilines is 2. The zero-order valence-corrected chi connectivity index (χ0v) is 18.7. The monoisotopic (exact) mass is 424 g/mol. The molecule has 5 rings (SSSR count). The minimum absolute atomic E-state index is 0.115. The fourth-order valence-corrected chi connectivity index (χ4v) is 5.35. The van der Waals surface area contributed by atoms with Crippen LogP contribution in [0.1, 0.15) is 12.8 Å². The molecule has 2 amide bonds. The molecule has 2 bridgehead atoms. The summed E-state index contributed by atoms with van der Waals surface area (Å²) in [6.07, 6.45) is 4.49. The van der Waals surface area contributed by atoms with Gasteiger partial charge in [-0.1, -0.05) is 24.3 Å². The second-order valence-corrected chi connectivity index (χ2v) is 9.36. The van der Waals surface area contributed by atoms with E-state index in [1.165, 1.54) is 18.5 Å². The minimum atomic E-state index is -0.115. The Balaban J connectivity index is 1.26. The highest BCUT2D eigenvalue weighted by molar-refractivity contribution is 7.98. The lowest BCUT2D eigenvalue weighted by atomic mass is 9.75. The zero-order valence-electron chi connectivity index (χ0n) is 17.9. The molecule has 2 aromatic carbocycles. The van der Waals surface area contributed by atoms with Gasteiger partial charge in [0.1, 0.15) is 0 Å². The Labute approximate surface area is 184 Å². The maximum atomic E-state index is 12.4. The molecular weight excluding hydrogens is 392 g/mol. The molecule has 0 aromatic heterocycles. The molecule has 0 radical (unpaired) electrons. The number of fused-ring (bicyclic) bond motifs is 3. The Morgan fingerprint density at radius 2 is 2.03 bits per heavy atom. The number of hydrogen-bond donors (Lipinski definition) is 2. The van der Waals surface area contributed by atoms with Gasteiger partial charge < -0.3 is 15.5 Å². The molecule has 3 fully saturated rings. The van der Waals surface area contributed by atoms with Gasteiger partial charge in [-0.2, -0.15) is 0 Å². The third-order valence-electron chi connectivity index (χ3n) is 6.55. The Bertz CT molecular complexity index is 846. The van der Waals surface area contributed by atoms with Gasteiger partial charge in [0.25, 0.3) is 0 Å². The molecule has 6 heteroatoms. The predicted molar refractivity (Wildman–Crippen MR) is 127 cm³/mol. The summed E-state index contributed by atoms with van der Waals surface area (Å²) in [4.78, 5) is 18.5. The average Bonchev–Trinajstić information content (AvgIpc) is 2.79. The Hall–Kier alpha value is -2.18. The Morgan fingerprint density at radius 3 is 2.77 bits per heavy atom. The first-order valence-corrected chi connectivity index (χ1v) is 12.0. The van der Waals surface area contributed by atoms with Gasteiger partial charge in [0.05, 0.1) is 0 Å². The van der Waals surface area contributed by atoms with E-state index in [9.17, 15) is 4.79 Å². The normalized spacial score (nSPS) is 25.0. The second kappa shape index (κ2) is 9.75. The maximum Gasteiger partial charge on any atom is 0.319 e. The summed E-state index contributed by atoms with van der Waals surface area (Å²) in [5.74, 6) is 1.44. The van der Waals surface area contributed by atoms with Crippen LogP contribution in [0.15, 0.2) is 59.5 Å². The van der Waals surface area contributed by atoms with Crippen molar-refractivity contribution in [3.8, 4) is 0 Å². The minimum Gasteiger partial charge on any atom is -0.374 e. The SMILES string of the molecule is CSc1cccc(NC(=O)NC[C@H]2C[C@@H]3CCN2C[C@@H]3CN(C)c2ccccc2)c1. The summed E-state index contributed by atoms with van der Waals surface area (Å²) in [6.45, 7) is 4.09. The van der Waals surface area contributed by atoms with Crippen LogP contribution < -0.4 is 15.5 Å². The molecular formula is C24H32N4OS. The van der Waals surface area contributed by atoms with Crippen LogP contribution in [0.4, 0.5) is 16.2 Å². The number of nitrogens with zero attached hydrogens (tertiary/aromatic N) is 2. The molecule has 0 spiro atoms. The van der Waals surface area contributed by atoms with Crippen molar-refractivity contribution in [3.05, 3.63) is 54.6 Å². The third-order valence-corrected chi connectivity index (χ3v) is 7.27. The van der Waals surface area contributed by atoms with Gasteiger partial charge in [-0.25, -0.2) is 4.79 Å². The number of carbonyl (C=O) groups excluding carboxylic acids is 1. The van der Waals surface area contributed by atoms with Crippen LogP contribution in [0.5, 0.6) is 0 Å². The number of urea groups is 1. The fourth-order valence-electron chi connectivity index (χ4n) is 4.89. The number of rotatable bonds is 7. The van der Waals surface area contributed by atoms with E-state index in [1.54, 1.807) is 11.8 Å². The van der Waals surface area contributed by atoms with Crippen LogP contribution in [0.25, 0.3) is 0 Å². The summed E-state index contributed by atoms with van der Waals surface area (Å²) >= 11 is 1.68. The van der Waals surface area contributed by atoms with Gasteiger partial charge in [-0.15, -0.1) is 11.8 Å². The number of nitrogens with one attached hydrogen (secondary N) is 2. The molecule has 3 aliphatic heterocycles. The summed E-state index contributed by atoms with van der Waals surface area (Å²) in [5.41, 5.74) is 2.13. The van der Waals surface area contributed by atoms with Crippen molar-refractivity contribution in [2.24, 2.45) is 11.8 Å². The van der Waals surface area contributed by atoms with Gasteiger partial charge in [0.15, 0.2) is 0 Å². The van der Waals surface area contributed by atoms with Gasteiger partial charge in [0, 0.05) is 49.0 Å². The van der Waals surface area contributed by atoms with Crippen molar-refractivity contribution in [1.29, 1.82) is 0 Å². The van der Waals surface area contributed by atoms with Crippen LogP contribution >= 0.6 is 11.8 Å². The fraction of sp³-hybridized carbons (Fsp3) is 0.458. The van der Waals surface area contributed by atoms with Crippen LogP contribution in [0.2, 0.25) is 0 Å². The molecule has 2 N–H and O–H groups in total. The summed E-state index contributed by atoms with van der Waals surface area (Å²) < 4.78 is 0. The number of thioether (sulfide) groups is 1. The van der Waals surface area contributed by atoms with E-state index in [1.807, 2.05) is 30.5 Å². The first kappa shape index (κ1) is 21.1. The standard InChI is InChI=1S/C24H32N4OS/c1-27(21-8-4-3-5-9-21)16-19-17-28-12-11-18(19)13-22(28)15-25-24(29)26-20-7-6-10-23(14-20)30-2/h3-10,14,18-19,22H,11-13,15-17H2,1-2H3,(H2,25,26,29)/t18-,19-,22+/m0/s1. The van der Waals surface area contributed by atoms with Crippen molar-refractivity contribution in [1.82, 2.24) is 10.2 Å². The van der Waals surface area contributed by atoms with Crippen molar-refractivity contribution in [2.45, 2.75) is 23.8 Å². The molecule has 30 heavy (non-hydrogen) atoms. The smallest absolute Gasteiger partial charge is 0.319 e. The van der Waals surface area contributed by atoms with Crippen LogP contribution in [0, 0.1) is 11.8 Å². The molecule has 3 heterocycles. The second-order valence-electron chi connectivity index (χ2n) is 8.48. The van der Waals surface area contributed by atoms with Crippen molar-refractivity contribution in [3.63, 3.8) is 0 Å². The highest BCUT2D eigenvalue weighted by atomic mass is 32.2. The van der Waals surface area contributed by atoms with Crippen molar-refractivity contribution in [2.75, 3.05) is 49.7 Å². The number of hydrogen-bond acceptors (Lipinski definition) is 4. The molecule has 1 unspecified atom stereocenters. The van der Waals surface area contributed by atoms with Crippen LogP contribution in [-0.2, 0) is 0 Å². The highest BCUT2D eigenvalue weighted by Crippen LogP contribution is 2.36. The van der Waals surface area contributed by atoms with Crippen molar-refractivity contribution < 1.29 is 4.79 Å². The summed E-state index contributed by atoms with van der Waals surface area (Å²) in [6, 6.07) is 18.9. The largest absolute Gasteiger partial charge is 0.374 e. The molecule has 0 saturated carbocycles. The van der Waals surface area contributed by atoms with Gasteiger partial charge in [-0.3, -0.25) is 4.90 Å². The number of amides is 2. The lowest BCUT2D eigenvalue weighted by Gasteiger charge is -2.50. The number of benzene rings is 2. The molecule has 160 valence electrons. The highest BCUT2D eigenvalue weighted by Gasteiger charge is 2.40. The zero-order chi connectivity index (χ0) is 20.9. The average molecular weight is 425 g/mol. The third kappa shape index (κ3) is 5.10. The predicted octanol–water partition coefficient (Wildman–Crippen LogP) is 4.38. The van der Waals surface area contributed by atoms with Gasteiger partial charge in [0.2, 0.25) is 0 Å². The van der Waals surface area contributed by atoms with Crippen molar-refractivity contribution >= 4 is 29.2 Å². The topological polar surface area (TPSA) is 47.6 Å². The Kier molecular flexibility index (Phi) is 6.85. The Morgan fingerprint density at radius 1 is 1.20 bits per heavy atom. The molecule has 2 aromatic rings. The van der Waals surface area contributed by atoms with Gasteiger partial charge in [-0.05, 0) is 67.8 Å². The number of para-hydroxylation sites is 1. The first-order valence-electron chi connectivity index (χ1n) is 10.8. The van der Waals surface area contributed by atoms with E-state index in [4.69, 9.17) is 0 Å². The number of carbonyl (C=O) groups is 1. The first-order chi connectivity index (χ1) is 14.6. The van der Waals surface area contributed by atoms with Crippen LogP contribution in [0.3, 0.4) is 0 Å². The summed E-state index contributed by atoms with van der Waals surface area (Å²) in [7, 11) is 2.20. The van der Waals surface area contributed by atoms with E-state index in [2.05, 4.69) is 57.8 Å². The lowest BCUT2D eigenvalue weighted by molar-refractivity contribution is 0.00612. The van der Waals surface area contributed by atoms with Gasteiger partial charge >= 0.3 is 6.03 Å². The van der Waals surface area contributed by atoms with Crippen LogP contribution in [-0.4, -0.2) is 56.5 Å². The molecule has 4 atom stereocenters. The molecule has 3 saturated heterocycles.